The fraction of sp³-hybridized carbons (Fsp3) is 0. The first-order valence-corrected chi connectivity index (χ1v) is 21.2. The fourth-order valence-electron chi connectivity index (χ4n) is 11.3. The first-order chi connectivity index (χ1) is 30.3. The molecule has 61 heavy (non-hydrogen) atoms. The van der Waals surface area contributed by atoms with Gasteiger partial charge in [0.25, 0.3) is 0 Å². The molecule has 0 spiro atoms. The first-order valence-electron chi connectivity index (χ1n) is 21.2. The zero-order valence-corrected chi connectivity index (χ0v) is 32.9. The van der Waals surface area contributed by atoms with E-state index in [0.717, 1.165) is 0 Å². The second kappa shape index (κ2) is 11.3. The molecule has 15 rings (SSSR count). The van der Waals surface area contributed by atoms with Crippen molar-refractivity contribution in [1.82, 2.24) is 13.5 Å². The van der Waals surface area contributed by atoms with Crippen molar-refractivity contribution in [2.75, 3.05) is 0 Å². The molecule has 280 valence electrons. The molecule has 0 unspecified atom stereocenters. The Hall–Kier alpha value is -8.14. The average molecular weight is 772 g/mol. The van der Waals surface area contributed by atoms with Crippen LogP contribution >= 0.6 is 0 Å². The number of rotatable bonds is 3. The van der Waals surface area contributed by atoms with Crippen LogP contribution in [-0.2, 0) is 0 Å². The maximum atomic E-state index is 2.48. The maximum absolute atomic E-state index is 2.48. The monoisotopic (exact) mass is 771 g/mol. The van der Waals surface area contributed by atoms with Gasteiger partial charge in [-0.05, 0) is 105 Å². The third kappa shape index (κ3) is 4.03. The van der Waals surface area contributed by atoms with Gasteiger partial charge in [-0.15, -0.1) is 0 Å². The topological polar surface area (TPSA) is 14.3 Å². The third-order valence-corrected chi connectivity index (χ3v) is 13.9. The molecule has 4 aromatic heterocycles. The molecule has 0 N–H and O–H groups in total. The van der Waals surface area contributed by atoms with E-state index >= 15 is 0 Å². The van der Waals surface area contributed by atoms with Crippen LogP contribution in [0.3, 0.4) is 0 Å². The van der Waals surface area contributed by atoms with Crippen molar-refractivity contribution in [2.45, 2.75) is 0 Å². The van der Waals surface area contributed by atoms with Gasteiger partial charge in [0.1, 0.15) is 0 Å². The highest BCUT2D eigenvalue weighted by Gasteiger charge is 2.22. The Morgan fingerprint density at radius 1 is 0.262 bits per heavy atom. The molecule has 0 saturated heterocycles. The Labute approximate surface area is 348 Å². The lowest BCUT2D eigenvalue weighted by Crippen LogP contribution is -1.96. The minimum Gasteiger partial charge on any atom is -0.309 e. The summed E-state index contributed by atoms with van der Waals surface area (Å²) in [4.78, 5) is 0. The number of hydrogen-bond donors (Lipinski definition) is 0. The van der Waals surface area contributed by atoms with Crippen molar-refractivity contribution in [1.29, 1.82) is 0 Å². The normalized spacial score (nSPS) is 12.6. The van der Waals surface area contributed by atoms with E-state index in [1.165, 1.54) is 137 Å². The molecule has 0 amide bonds. The van der Waals surface area contributed by atoms with Gasteiger partial charge in [-0.1, -0.05) is 133 Å². The van der Waals surface area contributed by atoms with Crippen molar-refractivity contribution in [2.24, 2.45) is 0 Å². The van der Waals surface area contributed by atoms with E-state index in [4.69, 9.17) is 0 Å². The molecule has 0 fully saturated rings. The molecule has 0 saturated carbocycles. The summed E-state index contributed by atoms with van der Waals surface area (Å²) in [5.74, 6) is 0. The molecule has 0 aliphatic heterocycles. The van der Waals surface area contributed by atoms with Gasteiger partial charge in [0, 0.05) is 54.2 Å². The Bertz CT molecular complexity index is 4250. The summed E-state index contributed by atoms with van der Waals surface area (Å²) in [6, 6.07) is 74.8. The van der Waals surface area contributed by atoms with E-state index in [0.29, 0.717) is 0 Å². The average Bonchev–Trinajstić information content (AvgIpc) is 4.04. The van der Waals surface area contributed by atoms with Crippen LogP contribution in [0.5, 0.6) is 0 Å². The van der Waals surface area contributed by atoms with Crippen LogP contribution in [0.1, 0.15) is 0 Å². The van der Waals surface area contributed by atoms with E-state index in [-0.39, 0.29) is 0 Å². The van der Waals surface area contributed by atoms with Crippen LogP contribution in [0.4, 0.5) is 0 Å². The summed E-state index contributed by atoms with van der Waals surface area (Å²) in [5, 5.41) is 18.0. The number of benzene rings is 11. The molecule has 0 bridgehead atoms. The zero-order valence-electron chi connectivity index (χ0n) is 32.9. The van der Waals surface area contributed by atoms with Gasteiger partial charge in [0.2, 0.25) is 0 Å². The Morgan fingerprint density at radius 2 is 0.721 bits per heavy atom. The Balaban J connectivity index is 0.940. The van der Waals surface area contributed by atoms with Crippen LogP contribution in [0.2, 0.25) is 0 Å². The molecule has 11 aromatic carbocycles. The number of fused-ring (bicyclic) bond motifs is 12. The maximum Gasteiger partial charge on any atom is 0.0622 e. The van der Waals surface area contributed by atoms with Crippen molar-refractivity contribution in [3.63, 3.8) is 0 Å². The lowest BCUT2D eigenvalue weighted by molar-refractivity contribution is 1.19. The number of hydrogen-bond acceptors (Lipinski definition) is 0. The lowest BCUT2D eigenvalue weighted by Gasteiger charge is -2.16. The molecule has 0 aliphatic carbocycles. The smallest absolute Gasteiger partial charge is 0.0622 e. The standard InChI is InChI=1S/C58H33N3/c1-5-16-49-40(12-1)45-30-37(24-28-54(45)59(49)39-32-47-42-14-3-7-18-51(42)61-52-19-8-4-15-43(52)48(33-39)58(47)61)38-25-29-55-46(31-38)41-13-2-6-17-50(41)60(55)53-27-23-36-21-20-34-10-9-11-35-22-26-44(53)57(36)56(34)35/h1-33H. The largest absolute Gasteiger partial charge is 0.309 e. The van der Waals surface area contributed by atoms with Crippen LogP contribution in [0.25, 0.3) is 137 Å². The van der Waals surface area contributed by atoms with E-state index < -0.39 is 0 Å². The number of nitrogens with zero attached hydrogens (tertiary/aromatic N) is 3. The molecule has 0 radical (unpaired) electrons. The highest BCUT2D eigenvalue weighted by Crippen LogP contribution is 2.44. The Kier molecular flexibility index (Phi) is 5.90. The molecule has 0 aliphatic rings. The van der Waals surface area contributed by atoms with Crippen molar-refractivity contribution < 1.29 is 0 Å². The third-order valence-electron chi connectivity index (χ3n) is 13.9. The minimum absolute atomic E-state index is 1.18. The van der Waals surface area contributed by atoms with Gasteiger partial charge < -0.3 is 13.5 Å². The van der Waals surface area contributed by atoms with Gasteiger partial charge in [-0.25, -0.2) is 0 Å². The molecular weight excluding hydrogens is 739 g/mol. The van der Waals surface area contributed by atoms with Gasteiger partial charge in [-0.2, -0.15) is 0 Å². The quantitative estimate of drug-likeness (QED) is 0.159. The Morgan fingerprint density at radius 3 is 1.33 bits per heavy atom. The highest BCUT2D eigenvalue weighted by atomic mass is 15.0. The van der Waals surface area contributed by atoms with Gasteiger partial charge in [0.15, 0.2) is 0 Å². The van der Waals surface area contributed by atoms with E-state index in [1.54, 1.807) is 0 Å². The predicted octanol–water partition coefficient (Wildman–Crippen LogP) is 15.6. The number of aromatic nitrogens is 3. The minimum atomic E-state index is 1.18. The fourth-order valence-corrected chi connectivity index (χ4v) is 11.3. The molecule has 3 nitrogen and oxygen atoms in total. The molecule has 15 aromatic rings. The van der Waals surface area contributed by atoms with Gasteiger partial charge >= 0.3 is 0 Å². The van der Waals surface area contributed by atoms with Crippen LogP contribution in [0.15, 0.2) is 200 Å². The van der Waals surface area contributed by atoms with Crippen LogP contribution in [-0.4, -0.2) is 13.5 Å². The highest BCUT2D eigenvalue weighted by molar-refractivity contribution is 6.26. The predicted molar refractivity (Wildman–Crippen MR) is 259 cm³/mol. The summed E-state index contributed by atoms with van der Waals surface area (Å²) in [7, 11) is 0. The van der Waals surface area contributed by atoms with Gasteiger partial charge in [-0.3, -0.25) is 0 Å². The summed E-state index contributed by atoms with van der Waals surface area (Å²) in [5.41, 5.74) is 13.5. The van der Waals surface area contributed by atoms with Crippen molar-refractivity contribution in [3.05, 3.63) is 200 Å². The second-order valence-electron chi connectivity index (χ2n) is 16.9. The summed E-state index contributed by atoms with van der Waals surface area (Å²) in [6.07, 6.45) is 0. The van der Waals surface area contributed by atoms with E-state index in [9.17, 15) is 0 Å². The van der Waals surface area contributed by atoms with Crippen LogP contribution < -0.4 is 0 Å². The van der Waals surface area contributed by atoms with Crippen LogP contribution in [0, 0.1) is 0 Å². The summed E-state index contributed by atoms with van der Waals surface area (Å²) < 4.78 is 7.41. The lowest BCUT2D eigenvalue weighted by atomic mass is 9.93. The SMILES string of the molecule is c1cc2ccc3ccc(-n4c5ccccc5c5cc(-c6ccc7c(c6)c6ccccc6n7-c6cc7c8ccccc8n8c9ccccc9c(c6)c78)ccc54)c4ccc(c1)c2c34. The van der Waals surface area contributed by atoms with Crippen molar-refractivity contribution in [3.8, 4) is 22.5 Å². The van der Waals surface area contributed by atoms with E-state index in [1.807, 2.05) is 0 Å². The molecular formula is C58H33N3. The zero-order chi connectivity index (χ0) is 39.5. The number of para-hydroxylation sites is 4. The summed E-state index contributed by atoms with van der Waals surface area (Å²) >= 11 is 0. The molecule has 3 heteroatoms. The van der Waals surface area contributed by atoms with Crippen molar-refractivity contribution >= 4 is 114 Å². The molecule has 4 heterocycles. The molecule has 0 atom stereocenters. The summed E-state index contributed by atoms with van der Waals surface area (Å²) in [6.45, 7) is 0. The first kappa shape index (κ1) is 31.8. The van der Waals surface area contributed by atoms with E-state index in [2.05, 4.69) is 214 Å². The van der Waals surface area contributed by atoms with Gasteiger partial charge in [0.05, 0.1) is 44.3 Å². The second-order valence-corrected chi connectivity index (χ2v) is 16.9.